The molecular formula is C22H13F9N4O. The molecule has 0 aliphatic carbocycles. The van der Waals surface area contributed by atoms with Gasteiger partial charge in [0.05, 0.1) is 35.7 Å². The number of aromatic nitrogens is 2. The molecule has 36 heavy (non-hydrogen) atoms. The van der Waals surface area contributed by atoms with E-state index in [0.29, 0.717) is 0 Å². The number of nitriles is 1. The van der Waals surface area contributed by atoms with E-state index in [1.807, 2.05) is 0 Å². The average molecular weight is 520 g/mol. The molecule has 0 bridgehead atoms. The number of benzene rings is 2. The van der Waals surface area contributed by atoms with Crippen LogP contribution in [0.1, 0.15) is 34.5 Å². The van der Waals surface area contributed by atoms with Crippen molar-refractivity contribution in [2.75, 3.05) is 4.90 Å². The largest absolute Gasteiger partial charge is 0.418 e. The second kappa shape index (κ2) is 8.72. The Morgan fingerprint density at radius 3 is 2.33 bits per heavy atom. The zero-order valence-electron chi connectivity index (χ0n) is 17.8. The molecule has 1 unspecified atom stereocenters. The molecule has 0 fully saturated rings. The lowest BCUT2D eigenvalue weighted by molar-refractivity contribution is -0.139. The summed E-state index contributed by atoms with van der Waals surface area (Å²) in [7, 11) is 0. The third-order valence-electron chi connectivity index (χ3n) is 5.57. The minimum Gasteiger partial charge on any atom is -0.360 e. The van der Waals surface area contributed by atoms with Gasteiger partial charge < -0.3 is 9.42 Å². The van der Waals surface area contributed by atoms with Crippen LogP contribution in [0.25, 0.3) is 11.5 Å². The second-order valence-electron chi connectivity index (χ2n) is 7.99. The fourth-order valence-corrected chi connectivity index (χ4v) is 4.15. The maximum atomic E-state index is 13.7. The molecule has 2 aromatic carbocycles. The molecule has 14 heteroatoms. The van der Waals surface area contributed by atoms with Gasteiger partial charge in [-0.1, -0.05) is 11.2 Å². The number of nitrogens with zero attached hydrogens (tertiary/aromatic N) is 4. The molecule has 4 rings (SSSR count). The lowest BCUT2D eigenvalue weighted by Crippen LogP contribution is -2.35. The molecule has 0 saturated carbocycles. The maximum Gasteiger partial charge on any atom is 0.418 e. The van der Waals surface area contributed by atoms with E-state index in [2.05, 4.69) is 10.1 Å². The molecule has 1 aliphatic heterocycles. The highest BCUT2D eigenvalue weighted by molar-refractivity contribution is 5.66. The zero-order chi connectivity index (χ0) is 26.5. The zero-order valence-corrected chi connectivity index (χ0v) is 17.8. The lowest BCUT2D eigenvalue weighted by atomic mass is 9.97. The average Bonchev–Trinajstić information content (AvgIpc) is 3.36. The SMILES string of the molecule is N#Cc1ccc2c(c1C(F)(F)F)CC(CC(F)(F)F)N2Cc1noc(-c2cccc(C(F)(F)F)c2)n1. The van der Waals surface area contributed by atoms with Gasteiger partial charge in [0.2, 0.25) is 0 Å². The fourth-order valence-electron chi connectivity index (χ4n) is 4.15. The van der Waals surface area contributed by atoms with E-state index in [9.17, 15) is 39.5 Å². The van der Waals surface area contributed by atoms with Crippen molar-refractivity contribution in [1.82, 2.24) is 10.1 Å². The van der Waals surface area contributed by atoms with Crippen molar-refractivity contribution in [1.29, 1.82) is 5.26 Å². The molecule has 0 amide bonds. The molecule has 0 N–H and O–H groups in total. The number of halogens is 9. The number of alkyl halides is 9. The van der Waals surface area contributed by atoms with E-state index in [0.717, 1.165) is 35.2 Å². The predicted octanol–water partition coefficient (Wildman–Crippen LogP) is 6.53. The van der Waals surface area contributed by atoms with Gasteiger partial charge in [-0.3, -0.25) is 0 Å². The first-order chi connectivity index (χ1) is 16.7. The normalized spacial score (nSPS) is 16.2. The Morgan fingerprint density at radius 2 is 1.72 bits per heavy atom. The number of hydrogen-bond acceptors (Lipinski definition) is 5. The summed E-state index contributed by atoms with van der Waals surface area (Å²) < 4.78 is 125. The van der Waals surface area contributed by atoms with Crippen molar-refractivity contribution in [2.24, 2.45) is 0 Å². The molecule has 2 heterocycles. The van der Waals surface area contributed by atoms with Gasteiger partial charge in [0.1, 0.15) is 0 Å². The maximum absolute atomic E-state index is 13.7. The second-order valence-corrected chi connectivity index (χ2v) is 7.99. The van der Waals surface area contributed by atoms with Crippen molar-refractivity contribution >= 4 is 5.69 Å². The number of fused-ring (bicyclic) bond motifs is 1. The van der Waals surface area contributed by atoms with Crippen molar-refractivity contribution in [3.05, 3.63) is 64.5 Å². The van der Waals surface area contributed by atoms with Crippen LogP contribution in [0.4, 0.5) is 45.2 Å². The van der Waals surface area contributed by atoms with Gasteiger partial charge in [-0.2, -0.15) is 49.8 Å². The van der Waals surface area contributed by atoms with Crippen molar-refractivity contribution in [3.63, 3.8) is 0 Å². The highest BCUT2D eigenvalue weighted by Gasteiger charge is 2.45. The van der Waals surface area contributed by atoms with Crippen LogP contribution in [0.15, 0.2) is 40.9 Å². The first kappa shape index (κ1) is 25.3. The van der Waals surface area contributed by atoms with Gasteiger partial charge in [-0.25, -0.2) is 0 Å². The first-order valence-electron chi connectivity index (χ1n) is 10.1. The smallest absolute Gasteiger partial charge is 0.360 e. The molecule has 1 aromatic heterocycles. The van der Waals surface area contributed by atoms with Crippen molar-refractivity contribution in [2.45, 2.75) is 44.0 Å². The van der Waals surface area contributed by atoms with Crippen LogP contribution >= 0.6 is 0 Å². The summed E-state index contributed by atoms with van der Waals surface area (Å²) in [5.74, 6) is -0.598. The molecular weight excluding hydrogens is 507 g/mol. The summed E-state index contributed by atoms with van der Waals surface area (Å²) in [5.41, 5.74) is -3.77. The first-order valence-corrected chi connectivity index (χ1v) is 10.1. The van der Waals surface area contributed by atoms with Crippen LogP contribution in [-0.4, -0.2) is 22.4 Å². The summed E-state index contributed by atoms with van der Waals surface area (Å²) in [6.07, 6.45) is -16.5. The Hall–Kier alpha value is -3.76. The van der Waals surface area contributed by atoms with Gasteiger partial charge in [-0.15, -0.1) is 0 Å². The Labute approximate surface area is 196 Å². The van der Waals surface area contributed by atoms with E-state index < -0.39 is 66.2 Å². The van der Waals surface area contributed by atoms with E-state index in [1.165, 1.54) is 12.1 Å². The third-order valence-corrected chi connectivity index (χ3v) is 5.57. The monoisotopic (exact) mass is 520 g/mol. The van der Waals surface area contributed by atoms with Gasteiger partial charge in [0, 0.05) is 17.3 Å². The van der Waals surface area contributed by atoms with E-state index in [4.69, 9.17) is 9.78 Å². The fraction of sp³-hybridized carbons (Fsp3) is 0.318. The summed E-state index contributed by atoms with van der Waals surface area (Å²) >= 11 is 0. The molecule has 5 nitrogen and oxygen atoms in total. The molecule has 3 aromatic rings. The molecule has 0 radical (unpaired) electrons. The Balaban J connectivity index is 1.71. The summed E-state index contributed by atoms with van der Waals surface area (Å²) in [6, 6.07) is 5.85. The molecule has 0 saturated heterocycles. The van der Waals surface area contributed by atoms with Crippen LogP contribution in [0.3, 0.4) is 0 Å². The van der Waals surface area contributed by atoms with Crippen molar-refractivity contribution < 1.29 is 44.0 Å². The quantitative estimate of drug-likeness (QED) is 0.366. The highest BCUT2D eigenvalue weighted by Crippen LogP contribution is 2.45. The van der Waals surface area contributed by atoms with Crippen LogP contribution in [0.5, 0.6) is 0 Å². The van der Waals surface area contributed by atoms with Crippen LogP contribution in [-0.2, 0) is 25.3 Å². The van der Waals surface area contributed by atoms with Gasteiger partial charge in [0.25, 0.3) is 5.89 Å². The minimum atomic E-state index is -4.99. The topological polar surface area (TPSA) is 66.0 Å². The molecule has 1 aliphatic rings. The van der Waals surface area contributed by atoms with Crippen LogP contribution in [0.2, 0.25) is 0 Å². The van der Waals surface area contributed by atoms with Gasteiger partial charge >= 0.3 is 18.5 Å². The van der Waals surface area contributed by atoms with Crippen molar-refractivity contribution in [3.8, 4) is 17.5 Å². The predicted molar refractivity (Wildman–Crippen MR) is 105 cm³/mol. The number of hydrogen-bond donors (Lipinski definition) is 0. The summed E-state index contributed by atoms with van der Waals surface area (Å²) in [5, 5.41) is 12.7. The highest BCUT2D eigenvalue weighted by atomic mass is 19.4. The lowest BCUT2D eigenvalue weighted by Gasteiger charge is -2.27. The minimum absolute atomic E-state index is 0.102. The molecule has 190 valence electrons. The van der Waals surface area contributed by atoms with Crippen LogP contribution in [0, 0.1) is 11.3 Å². The van der Waals surface area contributed by atoms with E-state index in [-0.39, 0.29) is 23.0 Å². The Morgan fingerprint density at radius 1 is 1.00 bits per heavy atom. The van der Waals surface area contributed by atoms with E-state index >= 15 is 0 Å². The van der Waals surface area contributed by atoms with Gasteiger partial charge in [-0.05, 0) is 42.3 Å². The standard InChI is InChI=1S/C22H13F9N4O/c23-20(24,25)8-14-7-15-16(5-4-12(9-32)18(15)22(29,30)31)35(14)10-17-33-19(36-34-17)11-2-1-3-13(6-11)21(26,27)28/h1-6,14H,7-8,10H2. The third kappa shape index (κ3) is 5.09. The van der Waals surface area contributed by atoms with Crippen LogP contribution < -0.4 is 4.90 Å². The Bertz CT molecular complexity index is 1320. The van der Waals surface area contributed by atoms with E-state index in [1.54, 1.807) is 0 Å². The summed E-state index contributed by atoms with van der Waals surface area (Å²) in [4.78, 5) is 4.96. The van der Waals surface area contributed by atoms with Gasteiger partial charge in [0.15, 0.2) is 5.82 Å². The summed E-state index contributed by atoms with van der Waals surface area (Å²) in [6.45, 7) is -0.514. The Kier molecular flexibility index (Phi) is 6.14. The molecule has 0 spiro atoms. The molecule has 1 atom stereocenters. The number of anilines is 1. The number of rotatable bonds is 4.